The molecule has 0 bridgehead atoms. The summed E-state index contributed by atoms with van der Waals surface area (Å²) < 4.78 is 57.0. The first-order chi connectivity index (χ1) is 33.0. The summed E-state index contributed by atoms with van der Waals surface area (Å²) >= 11 is 0. The van der Waals surface area contributed by atoms with Gasteiger partial charge in [-0.15, -0.1) is 0 Å². The largest absolute Gasteiger partial charge is 0.489 e. The standard InChI is InChI=1S/C51H60FN7O9S/c1-30(2)36-6-4-5-7-37(36)38-10-8-32(26-60)47(38)58-28-51(29-58)16-18-57(19-17-51)33-9-11-39(44(20-33)68-34-21-40-41(52)25-54-48(40)53-24-34)49(61)56-69(65,66)35-22-43(59(63)64)46-45(23-35)67-27-42(55-46)31-12-14-50(3,62)15-13-31/h4-7,9,11,20-25,30-32,38,42,47,55,60,62H,8,10,12-19,26-29H2,1-3H3,(H,53,54)(H,56,61)/t31?,32-,38-,42+,47?,50?/m0/s1. The zero-order valence-corrected chi connectivity index (χ0v) is 39.9. The van der Waals surface area contributed by atoms with E-state index in [1.165, 1.54) is 35.7 Å². The lowest BCUT2D eigenvalue weighted by atomic mass is 9.69. The molecule has 1 unspecified atom stereocenters. The highest BCUT2D eigenvalue weighted by Crippen LogP contribution is 2.51. The van der Waals surface area contributed by atoms with Crippen molar-refractivity contribution < 1.29 is 42.2 Å². The maximum absolute atomic E-state index is 14.7. The number of benzene rings is 3. The first-order valence-corrected chi connectivity index (χ1v) is 25.6. The summed E-state index contributed by atoms with van der Waals surface area (Å²) in [5.41, 5.74) is 2.56. The number of anilines is 2. The Balaban J connectivity index is 0.868. The lowest BCUT2D eigenvalue weighted by Crippen LogP contribution is -2.64. The number of halogens is 1. The maximum atomic E-state index is 14.7. The highest BCUT2D eigenvalue weighted by molar-refractivity contribution is 7.90. The number of aromatic amines is 1. The molecule has 3 aliphatic heterocycles. The molecule has 10 rings (SSSR count). The number of rotatable bonds is 12. The van der Waals surface area contributed by atoms with Crippen LogP contribution < -0.4 is 24.4 Å². The van der Waals surface area contributed by atoms with Crippen LogP contribution in [0.25, 0.3) is 11.0 Å². The minimum absolute atomic E-state index is 0.00405. The molecule has 5 aromatic rings. The summed E-state index contributed by atoms with van der Waals surface area (Å²) in [6.07, 6.45) is 9.00. The number of carbonyl (C=O) groups is 1. The fourth-order valence-electron chi connectivity index (χ4n) is 11.9. The van der Waals surface area contributed by atoms with Crippen molar-refractivity contribution in [3.8, 4) is 17.2 Å². The fourth-order valence-corrected chi connectivity index (χ4v) is 12.9. The third-order valence-electron chi connectivity index (χ3n) is 15.8. The highest BCUT2D eigenvalue weighted by atomic mass is 32.2. The number of ether oxygens (including phenoxy) is 2. The average Bonchev–Trinajstić information content (AvgIpc) is 3.92. The van der Waals surface area contributed by atoms with E-state index in [0.29, 0.717) is 43.2 Å². The van der Waals surface area contributed by atoms with Crippen molar-refractivity contribution in [2.75, 3.05) is 49.6 Å². The number of nitro groups is 1. The van der Waals surface area contributed by atoms with Crippen LogP contribution >= 0.6 is 0 Å². The number of fused-ring (bicyclic) bond motifs is 2. The zero-order chi connectivity index (χ0) is 48.4. The summed E-state index contributed by atoms with van der Waals surface area (Å²) in [6.45, 7) is 9.93. The number of pyridine rings is 1. The van der Waals surface area contributed by atoms with Crippen LogP contribution in [0.4, 0.5) is 21.5 Å². The number of nitro benzene ring substituents is 1. The van der Waals surface area contributed by atoms with Crippen LogP contribution in [0, 0.1) is 33.2 Å². The summed E-state index contributed by atoms with van der Waals surface area (Å²) in [5, 5.41) is 36.7. The Morgan fingerprint density at radius 2 is 1.81 bits per heavy atom. The first-order valence-electron chi connectivity index (χ1n) is 24.1. The van der Waals surface area contributed by atoms with Crippen LogP contribution in [0.3, 0.4) is 0 Å². The van der Waals surface area contributed by atoms with Gasteiger partial charge in [-0.25, -0.2) is 22.5 Å². The fraction of sp³-hybridized carbons (Fsp3) is 0.490. The monoisotopic (exact) mass is 965 g/mol. The minimum atomic E-state index is -4.73. The summed E-state index contributed by atoms with van der Waals surface area (Å²) in [4.78, 5) is 37.1. The Labute approximate surface area is 400 Å². The highest BCUT2D eigenvalue weighted by Gasteiger charge is 2.52. The third-order valence-corrected chi connectivity index (χ3v) is 17.1. The van der Waals surface area contributed by atoms with Crippen LogP contribution in [-0.2, 0) is 10.0 Å². The number of aromatic nitrogens is 2. The number of aliphatic hydroxyl groups excluding tert-OH is 1. The van der Waals surface area contributed by atoms with Gasteiger partial charge in [0.25, 0.3) is 21.6 Å². The van der Waals surface area contributed by atoms with Crippen molar-refractivity contribution in [2.24, 2.45) is 17.3 Å². The zero-order valence-electron chi connectivity index (χ0n) is 39.1. The van der Waals surface area contributed by atoms with Gasteiger partial charge in [0, 0.05) is 74.8 Å². The molecule has 2 saturated heterocycles. The molecule has 5 aliphatic rings. The van der Waals surface area contributed by atoms with Crippen LogP contribution in [0.5, 0.6) is 17.2 Å². The van der Waals surface area contributed by atoms with Gasteiger partial charge < -0.3 is 34.9 Å². The molecule has 366 valence electrons. The molecule has 4 fully saturated rings. The van der Waals surface area contributed by atoms with E-state index in [2.05, 4.69) is 67.9 Å². The Hall–Kier alpha value is -5.82. The van der Waals surface area contributed by atoms with E-state index in [1.54, 1.807) is 19.1 Å². The van der Waals surface area contributed by atoms with Gasteiger partial charge in [0.15, 0.2) is 11.4 Å². The summed E-state index contributed by atoms with van der Waals surface area (Å²) in [7, 11) is -4.73. The number of hydrogen-bond donors (Lipinski definition) is 5. The predicted molar refractivity (Wildman–Crippen MR) is 258 cm³/mol. The van der Waals surface area contributed by atoms with E-state index >= 15 is 0 Å². The predicted octanol–water partition coefficient (Wildman–Crippen LogP) is 8.22. The van der Waals surface area contributed by atoms with E-state index < -0.39 is 42.9 Å². The smallest absolute Gasteiger partial charge is 0.297 e. The van der Waals surface area contributed by atoms with Crippen LogP contribution in [0.1, 0.15) is 105 Å². The Kier molecular flexibility index (Phi) is 12.3. The van der Waals surface area contributed by atoms with Crippen molar-refractivity contribution in [1.29, 1.82) is 0 Å². The van der Waals surface area contributed by atoms with Crippen molar-refractivity contribution in [1.82, 2.24) is 19.6 Å². The number of piperidine rings is 1. The van der Waals surface area contributed by atoms with E-state index in [0.717, 1.165) is 69.7 Å². The lowest BCUT2D eigenvalue weighted by molar-refractivity contribution is -0.384. The number of H-pyrrole nitrogens is 1. The molecule has 0 radical (unpaired) electrons. The molecule has 5 N–H and O–H groups in total. The second kappa shape index (κ2) is 18.2. The Morgan fingerprint density at radius 3 is 2.54 bits per heavy atom. The number of carbonyl (C=O) groups excluding carboxylic acids is 1. The normalized spacial score (nSPS) is 25.7. The molecule has 2 aliphatic carbocycles. The van der Waals surface area contributed by atoms with Gasteiger partial charge in [0.05, 0.1) is 38.6 Å². The van der Waals surface area contributed by atoms with E-state index in [1.807, 2.05) is 0 Å². The molecule has 18 heteroatoms. The Morgan fingerprint density at radius 1 is 1.06 bits per heavy atom. The second-order valence-electron chi connectivity index (χ2n) is 20.7. The molecule has 5 heterocycles. The SMILES string of the molecule is CC(C)c1ccccc1[C@@H]1CC[C@@H](CO)C1N1CC2(CCN(c3ccc(C(=O)NS(=O)(=O)c4cc5c(c([N+](=O)[O-])c4)N[C@@H](C4CCC(C)(O)CC4)CO5)c(Oc4cnc5[nH]cc(F)c5c4)c3)CC2)C1. The molecule has 4 atom stereocenters. The molecule has 1 amide bonds. The maximum Gasteiger partial charge on any atom is 0.297 e. The molecule has 2 saturated carbocycles. The van der Waals surface area contributed by atoms with Gasteiger partial charge in [-0.3, -0.25) is 19.8 Å². The van der Waals surface area contributed by atoms with Crippen molar-refractivity contribution in [3.63, 3.8) is 0 Å². The van der Waals surface area contributed by atoms with E-state index in [4.69, 9.17) is 9.47 Å². The number of amides is 1. The number of nitrogens with zero attached hydrogens (tertiary/aromatic N) is 4. The molecule has 16 nitrogen and oxygen atoms in total. The van der Waals surface area contributed by atoms with Crippen LogP contribution in [0.2, 0.25) is 0 Å². The topological polar surface area (TPSA) is 212 Å². The van der Waals surface area contributed by atoms with Gasteiger partial charge in [-0.05, 0) is 111 Å². The van der Waals surface area contributed by atoms with Crippen molar-refractivity contribution in [2.45, 2.75) is 107 Å². The minimum Gasteiger partial charge on any atom is -0.489 e. The first kappa shape index (κ1) is 46.9. The molecule has 2 aromatic heterocycles. The van der Waals surface area contributed by atoms with Gasteiger partial charge in [-0.2, -0.15) is 0 Å². The molecule has 69 heavy (non-hydrogen) atoms. The number of sulfonamides is 1. The summed E-state index contributed by atoms with van der Waals surface area (Å²) in [5.74, 6) is -0.447. The average molecular weight is 966 g/mol. The van der Waals surface area contributed by atoms with Gasteiger partial charge in [0.2, 0.25) is 0 Å². The molecular weight excluding hydrogens is 906 g/mol. The van der Waals surface area contributed by atoms with Gasteiger partial charge in [-0.1, -0.05) is 38.1 Å². The van der Waals surface area contributed by atoms with Gasteiger partial charge in [0.1, 0.15) is 29.6 Å². The van der Waals surface area contributed by atoms with E-state index in [-0.39, 0.29) is 76.4 Å². The molecule has 3 aromatic carbocycles. The number of hydrogen-bond acceptors (Lipinski definition) is 13. The van der Waals surface area contributed by atoms with E-state index in [9.17, 15) is 37.9 Å². The second-order valence-corrected chi connectivity index (χ2v) is 22.4. The number of likely N-dealkylation sites (tertiary alicyclic amines) is 1. The third kappa shape index (κ3) is 9.12. The Bertz CT molecular complexity index is 2880. The molecule has 1 spiro atoms. The lowest BCUT2D eigenvalue weighted by Gasteiger charge is -2.58. The van der Waals surface area contributed by atoms with Crippen molar-refractivity contribution >= 4 is 44.0 Å². The van der Waals surface area contributed by atoms with Crippen molar-refractivity contribution in [3.05, 3.63) is 106 Å². The van der Waals surface area contributed by atoms with Crippen LogP contribution in [-0.4, -0.2) is 101 Å². The number of aliphatic hydroxyl groups is 2. The number of nitrogens with one attached hydrogen (secondary N) is 3. The summed E-state index contributed by atoms with van der Waals surface area (Å²) in [6, 6.07) is 17.1. The molecular formula is C51H60FN7O9S. The van der Waals surface area contributed by atoms with Crippen LogP contribution in [0.15, 0.2) is 78.0 Å². The quantitative estimate of drug-likeness (QED) is 0.0590. The van der Waals surface area contributed by atoms with Gasteiger partial charge >= 0.3 is 0 Å².